The van der Waals surface area contributed by atoms with Crippen molar-refractivity contribution in [2.75, 3.05) is 20.3 Å². The highest BCUT2D eigenvalue weighted by molar-refractivity contribution is 5.81. The van der Waals surface area contributed by atoms with Crippen molar-refractivity contribution in [2.24, 2.45) is 5.92 Å². The number of aliphatic carboxylic acids is 1. The molecule has 0 unspecified atom stereocenters. The van der Waals surface area contributed by atoms with E-state index in [0.29, 0.717) is 19.6 Å². The van der Waals surface area contributed by atoms with Crippen LogP contribution in [0.15, 0.2) is 0 Å². The fourth-order valence-electron chi connectivity index (χ4n) is 1.13. The molecule has 6 heteroatoms. The van der Waals surface area contributed by atoms with Crippen molar-refractivity contribution in [1.82, 2.24) is 10.6 Å². The largest absolute Gasteiger partial charge is 0.548 e. The van der Waals surface area contributed by atoms with Gasteiger partial charge in [0.2, 0.25) is 0 Å². The first-order chi connectivity index (χ1) is 7.52. The molecule has 0 aromatic heterocycles. The molecule has 16 heavy (non-hydrogen) atoms. The molecule has 0 heterocycles. The quantitative estimate of drug-likeness (QED) is 0.555. The Hall–Kier alpha value is -1.30. The van der Waals surface area contributed by atoms with E-state index < -0.39 is 18.0 Å². The van der Waals surface area contributed by atoms with Gasteiger partial charge in [0.25, 0.3) is 0 Å². The number of carbonyl (C=O) groups excluding carboxylic acids is 2. The number of amides is 2. The maximum atomic E-state index is 11.3. The third-order valence-corrected chi connectivity index (χ3v) is 2.35. The zero-order chi connectivity index (χ0) is 12.6. The maximum Gasteiger partial charge on any atom is 0.315 e. The van der Waals surface area contributed by atoms with Crippen LogP contribution in [0.2, 0.25) is 0 Å². The van der Waals surface area contributed by atoms with E-state index >= 15 is 0 Å². The monoisotopic (exact) mass is 231 g/mol. The summed E-state index contributed by atoms with van der Waals surface area (Å²) in [4.78, 5) is 22.1. The number of methoxy groups -OCH3 is 1. The standard InChI is InChI=1S/C10H20N2O4/c1-4-7(2)8(9(13)14)12-10(15)11-5-6-16-3/h7-8H,4-6H2,1-3H3,(H,13,14)(H2,11,12,15)/p-1/t7-,8+/m1/s1. The van der Waals surface area contributed by atoms with Crippen molar-refractivity contribution in [3.8, 4) is 0 Å². The van der Waals surface area contributed by atoms with Crippen molar-refractivity contribution < 1.29 is 19.4 Å². The number of carboxylic acids is 1. The molecule has 0 aliphatic rings. The Kier molecular flexibility index (Phi) is 7.28. The van der Waals surface area contributed by atoms with E-state index in [2.05, 4.69) is 10.6 Å². The molecule has 2 atom stereocenters. The van der Waals surface area contributed by atoms with E-state index in [1.165, 1.54) is 7.11 Å². The van der Waals surface area contributed by atoms with Crippen molar-refractivity contribution in [3.63, 3.8) is 0 Å². The summed E-state index contributed by atoms with van der Waals surface area (Å²) in [6.45, 7) is 4.32. The van der Waals surface area contributed by atoms with Crippen molar-refractivity contribution in [2.45, 2.75) is 26.3 Å². The van der Waals surface area contributed by atoms with Crippen LogP contribution < -0.4 is 15.7 Å². The highest BCUT2D eigenvalue weighted by Crippen LogP contribution is 2.06. The van der Waals surface area contributed by atoms with Crippen LogP contribution in [0.25, 0.3) is 0 Å². The Morgan fingerprint density at radius 2 is 2.06 bits per heavy atom. The molecule has 0 aromatic carbocycles. The summed E-state index contributed by atoms with van der Waals surface area (Å²) in [7, 11) is 1.52. The Morgan fingerprint density at radius 3 is 2.50 bits per heavy atom. The lowest BCUT2D eigenvalue weighted by atomic mass is 9.99. The number of hydrogen-bond donors (Lipinski definition) is 2. The van der Waals surface area contributed by atoms with Gasteiger partial charge in [-0.05, 0) is 5.92 Å². The molecular weight excluding hydrogens is 212 g/mol. The second kappa shape index (κ2) is 7.92. The third kappa shape index (κ3) is 5.55. The minimum atomic E-state index is -1.27. The summed E-state index contributed by atoms with van der Waals surface area (Å²) in [5.74, 6) is -1.44. The molecule has 2 N–H and O–H groups in total. The van der Waals surface area contributed by atoms with E-state index in [-0.39, 0.29) is 5.92 Å². The molecule has 0 saturated carbocycles. The van der Waals surface area contributed by atoms with E-state index in [0.717, 1.165) is 0 Å². The number of rotatable bonds is 7. The molecule has 0 rings (SSSR count). The van der Waals surface area contributed by atoms with Gasteiger partial charge in [0, 0.05) is 13.7 Å². The molecule has 0 aliphatic heterocycles. The number of hydrogen-bond acceptors (Lipinski definition) is 4. The second-order valence-electron chi connectivity index (χ2n) is 3.58. The predicted molar refractivity (Wildman–Crippen MR) is 56.7 cm³/mol. The lowest BCUT2D eigenvalue weighted by molar-refractivity contribution is -0.309. The number of carboxylic acid groups (broad SMARTS) is 1. The minimum Gasteiger partial charge on any atom is -0.548 e. The van der Waals surface area contributed by atoms with Crippen LogP contribution in [0.1, 0.15) is 20.3 Å². The molecule has 0 aliphatic carbocycles. The topological polar surface area (TPSA) is 90.5 Å². The molecule has 6 nitrogen and oxygen atoms in total. The highest BCUT2D eigenvalue weighted by Gasteiger charge is 2.18. The number of ether oxygens (including phenoxy) is 1. The number of urea groups is 1. The van der Waals surface area contributed by atoms with Crippen LogP contribution in [0.4, 0.5) is 4.79 Å². The van der Waals surface area contributed by atoms with E-state index in [4.69, 9.17) is 4.74 Å². The second-order valence-corrected chi connectivity index (χ2v) is 3.58. The van der Waals surface area contributed by atoms with Crippen molar-refractivity contribution in [1.29, 1.82) is 0 Å². The first-order valence-electron chi connectivity index (χ1n) is 5.27. The van der Waals surface area contributed by atoms with Gasteiger partial charge in [0.1, 0.15) is 0 Å². The molecular formula is C10H19N2O4-. The lowest BCUT2D eigenvalue weighted by Crippen LogP contribution is -2.54. The lowest BCUT2D eigenvalue weighted by Gasteiger charge is -2.25. The average molecular weight is 231 g/mol. The van der Waals surface area contributed by atoms with Crippen LogP contribution in [0.5, 0.6) is 0 Å². The predicted octanol–water partition coefficient (Wildman–Crippen LogP) is -0.903. The van der Waals surface area contributed by atoms with Gasteiger partial charge in [-0.25, -0.2) is 4.79 Å². The van der Waals surface area contributed by atoms with Gasteiger partial charge in [-0.2, -0.15) is 0 Å². The average Bonchev–Trinajstić information content (AvgIpc) is 2.25. The van der Waals surface area contributed by atoms with Gasteiger partial charge in [-0.15, -0.1) is 0 Å². The Bertz CT molecular complexity index is 233. The molecule has 0 saturated heterocycles. The van der Waals surface area contributed by atoms with Gasteiger partial charge in [-0.3, -0.25) is 0 Å². The van der Waals surface area contributed by atoms with E-state index in [1.54, 1.807) is 6.92 Å². The van der Waals surface area contributed by atoms with E-state index in [1.807, 2.05) is 6.92 Å². The van der Waals surface area contributed by atoms with Crippen LogP contribution in [-0.4, -0.2) is 38.3 Å². The first-order valence-corrected chi connectivity index (χ1v) is 5.27. The van der Waals surface area contributed by atoms with Crippen LogP contribution in [0, 0.1) is 5.92 Å². The van der Waals surface area contributed by atoms with E-state index in [9.17, 15) is 14.7 Å². The van der Waals surface area contributed by atoms with Crippen LogP contribution in [-0.2, 0) is 9.53 Å². The van der Waals surface area contributed by atoms with Crippen LogP contribution in [0.3, 0.4) is 0 Å². The summed E-state index contributed by atoms with van der Waals surface area (Å²) < 4.78 is 4.74. The molecule has 0 spiro atoms. The van der Waals surface area contributed by atoms with Gasteiger partial charge in [-0.1, -0.05) is 20.3 Å². The van der Waals surface area contributed by atoms with Gasteiger partial charge >= 0.3 is 6.03 Å². The van der Waals surface area contributed by atoms with Gasteiger partial charge in [0.05, 0.1) is 18.6 Å². The molecule has 94 valence electrons. The fraction of sp³-hybridized carbons (Fsp3) is 0.800. The summed E-state index contributed by atoms with van der Waals surface area (Å²) >= 11 is 0. The minimum absolute atomic E-state index is 0.168. The molecule has 0 aromatic rings. The molecule has 0 bridgehead atoms. The number of carbonyl (C=O) groups is 2. The first kappa shape index (κ1) is 14.7. The SMILES string of the molecule is CC[C@@H](C)[C@H](NC(=O)NCCOC)C(=O)[O-]. The Morgan fingerprint density at radius 1 is 1.44 bits per heavy atom. The fourth-order valence-corrected chi connectivity index (χ4v) is 1.13. The van der Waals surface area contributed by atoms with Crippen molar-refractivity contribution in [3.05, 3.63) is 0 Å². The Balaban J connectivity index is 4.09. The van der Waals surface area contributed by atoms with Gasteiger partial charge < -0.3 is 25.3 Å². The zero-order valence-electron chi connectivity index (χ0n) is 9.91. The van der Waals surface area contributed by atoms with Crippen LogP contribution >= 0.6 is 0 Å². The maximum absolute atomic E-state index is 11.3. The summed E-state index contributed by atoms with van der Waals surface area (Å²) in [5.41, 5.74) is 0. The number of nitrogens with one attached hydrogen (secondary N) is 2. The van der Waals surface area contributed by atoms with Crippen molar-refractivity contribution >= 4 is 12.0 Å². The smallest absolute Gasteiger partial charge is 0.315 e. The summed E-state index contributed by atoms with van der Waals surface area (Å²) in [5, 5.41) is 15.6. The zero-order valence-corrected chi connectivity index (χ0v) is 9.91. The highest BCUT2D eigenvalue weighted by atomic mass is 16.5. The summed E-state index contributed by atoms with van der Waals surface area (Å²) in [6.07, 6.45) is 0.650. The molecule has 0 radical (unpaired) electrons. The normalized spacial score (nSPS) is 13.9. The summed E-state index contributed by atoms with van der Waals surface area (Å²) in [6, 6.07) is -1.49. The molecule has 2 amide bonds. The molecule has 0 fully saturated rings. The Labute approximate surface area is 95.4 Å². The third-order valence-electron chi connectivity index (χ3n) is 2.35. The van der Waals surface area contributed by atoms with Gasteiger partial charge in [0.15, 0.2) is 0 Å².